The van der Waals surface area contributed by atoms with Gasteiger partial charge in [0.05, 0.1) is 0 Å². The average molecular weight is 225 g/mol. The minimum atomic E-state index is -0.0839. The van der Waals surface area contributed by atoms with Crippen LogP contribution in [0.1, 0.15) is 19.3 Å². The maximum atomic E-state index is 11.6. The van der Waals surface area contributed by atoms with Gasteiger partial charge in [-0.15, -0.1) is 0 Å². The first-order valence-electron chi connectivity index (χ1n) is 5.50. The highest BCUT2D eigenvalue weighted by molar-refractivity contribution is 5.30. The van der Waals surface area contributed by atoms with Crippen molar-refractivity contribution < 1.29 is 4.74 Å². The number of aryl methyl sites for hydroxylation is 1. The summed E-state index contributed by atoms with van der Waals surface area (Å²) in [4.78, 5) is 15.6. The van der Waals surface area contributed by atoms with E-state index in [1.807, 2.05) is 0 Å². The van der Waals surface area contributed by atoms with E-state index in [0.717, 1.165) is 32.4 Å². The summed E-state index contributed by atoms with van der Waals surface area (Å²) in [5.41, 5.74) is -0.0839. The van der Waals surface area contributed by atoms with Crippen molar-refractivity contribution in [1.29, 1.82) is 0 Å². The van der Waals surface area contributed by atoms with Crippen LogP contribution in [0.5, 0.6) is 0 Å². The second-order valence-corrected chi connectivity index (χ2v) is 3.67. The molecule has 0 aromatic carbocycles. The van der Waals surface area contributed by atoms with E-state index in [0.29, 0.717) is 5.82 Å². The molecule has 90 valence electrons. The molecule has 16 heavy (non-hydrogen) atoms. The van der Waals surface area contributed by atoms with Crippen LogP contribution in [0.25, 0.3) is 0 Å². The molecule has 0 spiro atoms. The van der Waals surface area contributed by atoms with Crippen LogP contribution in [0.15, 0.2) is 17.2 Å². The molecule has 0 fully saturated rings. The summed E-state index contributed by atoms with van der Waals surface area (Å²) in [5.74, 6) is 0.428. The molecule has 0 unspecified atom stereocenters. The second-order valence-electron chi connectivity index (χ2n) is 3.67. The van der Waals surface area contributed by atoms with Crippen molar-refractivity contribution in [3.63, 3.8) is 0 Å². The summed E-state index contributed by atoms with van der Waals surface area (Å²) in [7, 11) is 3.42. The molecular formula is C11H19N3O2. The molecule has 5 heteroatoms. The number of nitrogens with one attached hydrogen (secondary N) is 1. The molecule has 0 atom stereocenters. The number of aromatic nitrogens is 2. The quantitative estimate of drug-likeness (QED) is 0.704. The topological polar surface area (TPSA) is 56.1 Å². The van der Waals surface area contributed by atoms with E-state index >= 15 is 0 Å². The predicted molar refractivity (Wildman–Crippen MR) is 63.7 cm³/mol. The molecule has 0 bridgehead atoms. The number of hydrogen-bond donors (Lipinski definition) is 1. The highest BCUT2D eigenvalue weighted by Crippen LogP contribution is 1.97. The van der Waals surface area contributed by atoms with Gasteiger partial charge in [-0.05, 0) is 19.3 Å². The molecule has 1 heterocycles. The first-order chi connectivity index (χ1) is 7.75. The Morgan fingerprint density at radius 3 is 3.00 bits per heavy atom. The van der Waals surface area contributed by atoms with Crippen molar-refractivity contribution in [1.82, 2.24) is 9.55 Å². The number of unbranched alkanes of at least 4 members (excludes halogenated alkanes) is 2. The van der Waals surface area contributed by atoms with Gasteiger partial charge >= 0.3 is 0 Å². The molecular weight excluding hydrogens is 206 g/mol. The lowest BCUT2D eigenvalue weighted by atomic mass is 10.2. The summed E-state index contributed by atoms with van der Waals surface area (Å²) in [6, 6.07) is 0. The minimum absolute atomic E-state index is 0.0839. The molecule has 0 saturated heterocycles. The van der Waals surface area contributed by atoms with Crippen molar-refractivity contribution in [3.8, 4) is 0 Å². The van der Waals surface area contributed by atoms with Crippen molar-refractivity contribution in [3.05, 3.63) is 22.7 Å². The average Bonchev–Trinajstić information content (AvgIpc) is 2.29. The van der Waals surface area contributed by atoms with Crippen LogP contribution in [-0.2, 0) is 11.8 Å². The van der Waals surface area contributed by atoms with Gasteiger partial charge in [0.25, 0.3) is 5.56 Å². The summed E-state index contributed by atoms with van der Waals surface area (Å²) in [5, 5.41) is 3.05. The summed E-state index contributed by atoms with van der Waals surface area (Å²) >= 11 is 0. The van der Waals surface area contributed by atoms with Crippen molar-refractivity contribution in [2.75, 3.05) is 25.6 Å². The standard InChI is InChI=1S/C11H19N3O2/c1-14-8-7-13-10(11(14)15)12-6-4-3-5-9-16-2/h7-8H,3-6,9H2,1-2H3,(H,12,13). The van der Waals surface area contributed by atoms with Crippen LogP contribution >= 0.6 is 0 Å². The Balaban J connectivity index is 2.27. The van der Waals surface area contributed by atoms with Gasteiger partial charge in [0.2, 0.25) is 0 Å². The first kappa shape index (κ1) is 12.7. The SMILES string of the molecule is COCCCCCNc1nccn(C)c1=O. The fraction of sp³-hybridized carbons (Fsp3) is 0.636. The fourth-order valence-electron chi connectivity index (χ4n) is 1.37. The predicted octanol–water partition coefficient (Wildman–Crippen LogP) is 1.01. The van der Waals surface area contributed by atoms with Crippen molar-refractivity contribution in [2.24, 2.45) is 7.05 Å². The van der Waals surface area contributed by atoms with Gasteiger partial charge in [-0.25, -0.2) is 4.98 Å². The first-order valence-corrected chi connectivity index (χ1v) is 5.50. The Morgan fingerprint density at radius 1 is 1.44 bits per heavy atom. The van der Waals surface area contributed by atoms with Gasteiger partial charge in [0, 0.05) is 39.7 Å². The van der Waals surface area contributed by atoms with Crippen LogP contribution in [0, 0.1) is 0 Å². The highest BCUT2D eigenvalue weighted by Gasteiger charge is 2.00. The molecule has 1 aromatic heterocycles. The summed E-state index contributed by atoms with van der Waals surface area (Å²) in [6.45, 7) is 1.57. The van der Waals surface area contributed by atoms with Crippen LogP contribution in [0.2, 0.25) is 0 Å². The Kier molecular flexibility index (Phi) is 5.56. The Morgan fingerprint density at radius 2 is 2.25 bits per heavy atom. The highest BCUT2D eigenvalue weighted by atomic mass is 16.5. The number of ether oxygens (including phenoxy) is 1. The lowest BCUT2D eigenvalue weighted by Gasteiger charge is -2.05. The monoisotopic (exact) mass is 225 g/mol. The molecule has 1 aromatic rings. The molecule has 1 rings (SSSR count). The Hall–Kier alpha value is -1.36. The van der Waals surface area contributed by atoms with Gasteiger partial charge in [0.1, 0.15) is 0 Å². The van der Waals surface area contributed by atoms with Gasteiger partial charge in [-0.1, -0.05) is 0 Å². The molecule has 0 aliphatic rings. The van der Waals surface area contributed by atoms with E-state index < -0.39 is 0 Å². The van der Waals surface area contributed by atoms with E-state index in [-0.39, 0.29) is 5.56 Å². The molecule has 0 saturated carbocycles. The number of hydrogen-bond acceptors (Lipinski definition) is 4. The van der Waals surface area contributed by atoms with Gasteiger partial charge < -0.3 is 14.6 Å². The van der Waals surface area contributed by atoms with Gasteiger partial charge in [0.15, 0.2) is 5.82 Å². The van der Waals surface area contributed by atoms with Crippen LogP contribution in [-0.4, -0.2) is 29.8 Å². The molecule has 5 nitrogen and oxygen atoms in total. The van der Waals surface area contributed by atoms with Crippen LogP contribution < -0.4 is 10.9 Å². The zero-order valence-corrected chi connectivity index (χ0v) is 9.90. The zero-order chi connectivity index (χ0) is 11.8. The fourth-order valence-corrected chi connectivity index (χ4v) is 1.37. The number of methoxy groups -OCH3 is 1. The molecule has 0 radical (unpaired) electrons. The lowest BCUT2D eigenvalue weighted by molar-refractivity contribution is 0.192. The van der Waals surface area contributed by atoms with Crippen LogP contribution in [0.4, 0.5) is 5.82 Å². The largest absolute Gasteiger partial charge is 0.385 e. The van der Waals surface area contributed by atoms with Gasteiger partial charge in [-0.3, -0.25) is 4.79 Å². The van der Waals surface area contributed by atoms with E-state index in [1.165, 1.54) is 4.57 Å². The Labute approximate surface area is 95.5 Å². The molecule has 0 aliphatic carbocycles. The minimum Gasteiger partial charge on any atom is -0.385 e. The Bertz CT molecular complexity index is 362. The summed E-state index contributed by atoms with van der Waals surface area (Å²) in [6.07, 6.45) is 6.43. The van der Waals surface area contributed by atoms with E-state index in [1.54, 1.807) is 26.6 Å². The number of anilines is 1. The van der Waals surface area contributed by atoms with Crippen LogP contribution in [0.3, 0.4) is 0 Å². The van der Waals surface area contributed by atoms with E-state index in [2.05, 4.69) is 10.3 Å². The zero-order valence-electron chi connectivity index (χ0n) is 9.90. The third kappa shape index (κ3) is 4.02. The molecule has 1 N–H and O–H groups in total. The molecule has 0 amide bonds. The second kappa shape index (κ2) is 7.00. The van der Waals surface area contributed by atoms with Crippen molar-refractivity contribution in [2.45, 2.75) is 19.3 Å². The third-order valence-corrected chi connectivity index (χ3v) is 2.33. The third-order valence-electron chi connectivity index (χ3n) is 2.33. The normalized spacial score (nSPS) is 10.4. The van der Waals surface area contributed by atoms with Gasteiger partial charge in [-0.2, -0.15) is 0 Å². The van der Waals surface area contributed by atoms with E-state index in [9.17, 15) is 4.79 Å². The maximum Gasteiger partial charge on any atom is 0.293 e. The molecule has 0 aliphatic heterocycles. The number of nitrogens with zero attached hydrogens (tertiary/aromatic N) is 2. The maximum absolute atomic E-state index is 11.6. The smallest absolute Gasteiger partial charge is 0.293 e. The number of rotatable bonds is 7. The van der Waals surface area contributed by atoms with E-state index in [4.69, 9.17) is 4.74 Å². The van der Waals surface area contributed by atoms with Crippen molar-refractivity contribution >= 4 is 5.82 Å². The summed E-state index contributed by atoms with van der Waals surface area (Å²) < 4.78 is 6.47. The lowest BCUT2D eigenvalue weighted by Crippen LogP contribution is -2.22.